The second-order valence-electron chi connectivity index (χ2n) is 6.21. The maximum Gasteiger partial charge on any atom is 0.336 e. The smallest absolute Gasteiger partial charge is 0.336 e. The van der Waals surface area contributed by atoms with Crippen LogP contribution in [0.3, 0.4) is 0 Å². The van der Waals surface area contributed by atoms with Crippen LogP contribution in [0.1, 0.15) is 24.8 Å². The fraction of sp³-hybridized carbons (Fsp3) is 0.316. The molecule has 1 aromatic carbocycles. The second kappa shape index (κ2) is 7.86. The fourth-order valence-corrected chi connectivity index (χ4v) is 2.85. The van der Waals surface area contributed by atoms with Crippen LogP contribution in [0, 0.1) is 12.8 Å². The third kappa shape index (κ3) is 4.30. The van der Waals surface area contributed by atoms with Gasteiger partial charge in [0.05, 0.1) is 0 Å². The molecule has 1 heterocycles. The van der Waals surface area contributed by atoms with E-state index in [0.29, 0.717) is 17.8 Å². The van der Waals surface area contributed by atoms with Crippen molar-refractivity contribution in [3.05, 3.63) is 52.4 Å². The molecule has 0 unspecified atom stereocenters. The van der Waals surface area contributed by atoms with Crippen molar-refractivity contribution in [3.63, 3.8) is 0 Å². The zero-order valence-corrected chi connectivity index (χ0v) is 14.4. The molecule has 136 valence electrons. The number of nitrogens with one attached hydrogen (secondary N) is 2. The molecule has 0 bridgehead atoms. The van der Waals surface area contributed by atoms with Crippen LogP contribution in [0.5, 0.6) is 5.75 Å². The Morgan fingerprint density at radius 1 is 1.23 bits per heavy atom. The van der Waals surface area contributed by atoms with E-state index in [0.717, 1.165) is 23.8 Å². The Labute approximate surface area is 150 Å². The molecule has 1 aliphatic carbocycles. The number of ether oxygens (including phenoxy) is 1. The molecule has 7 heteroatoms. The summed E-state index contributed by atoms with van der Waals surface area (Å²) in [6.07, 6.45) is 6.34. The van der Waals surface area contributed by atoms with Crippen LogP contribution in [0.25, 0.3) is 11.0 Å². The maximum absolute atomic E-state index is 11.9. The highest BCUT2D eigenvalue weighted by atomic mass is 16.5. The van der Waals surface area contributed by atoms with E-state index < -0.39 is 11.5 Å². The minimum atomic E-state index is -0.476. The first kappa shape index (κ1) is 17.7. The van der Waals surface area contributed by atoms with Crippen molar-refractivity contribution in [3.8, 4) is 5.75 Å². The van der Waals surface area contributed by atoms with Crippen LogP contribution in [-0.4, -0.2) is 18.4 Å². The number of benzene rings is 1. The molecule has 0 saturated carbocycles. The average Bonchev–Trinajstić information content (AvgIpc) is 2.64. The van der Waals surface area contributed by atoms with Crippen LogP contribution in [0.4, 0.5) is 0 Å². The molecule has 2 aromatic rings. The summed E-state index contributed by atoms with van der Waals surface area (Å²) in [6, 6.07) is 6.43. The molecule has 0 radical (unpaired) electrons. The Hall–Kier alpha value is -3.09. The summed E-state index contributed by atoms with van der Waals surface area (Å²) in [5.74, 6) is -0.404. The lowest BCUT2D eigenvalue weighted by atomic mass is 9.94. The molecule has 0 fully saturated rings. The molecule has 2 N–H and O–H groups in total. The van der Waals surface area contributed by atoms with E-state index in [2.05, 4.69) is 10.9 Å². The van der Waals surface area contributed by atoms with Gasteiger partial charge >= 0.3 is 5.63 Å². The largest absolute Gasteiger partial charge is 0.484 e. The Balaban J connectivity index is 1.52. The van der Waals surface area contributed by atoms with Gasteiger partial charge in [-0.25, -0.2) is 4.79 Å². The highest BCUT2D eigenvalue weighted by Crippen LogP contribution is 2.22. The van der Waals surface area contributed by atoms with Crippen molar-refractivity contribution in [2.45, 2.75) is 26.2 Å². The lowest BCUT2D eigenvalue weighted by Crippen LogP contribution is -2.46. The number of carbonyl (C=O) groups is 2. The zero-order chi connectivity index (χ0) is 18.5. The van der Waals surface area contributed by atoms with E-state index in [1.807, 2.05) is 19.1 Å². The van der Waals surface area contributed by atoms with Gasteiger partial charge in [-0.15, -0.1) is 0 Å². The summed E-state index contributed by atoms with van der Waals surface area (Å²) in [6.45, 7) is 1.55. The second-order valence-corrected chi connectivity index (χ2v) is 6.21. The van der Waals surface area contributed by atoms with Gasteiger partial charge in [-0.05, 0) is 43.9 Å². The number of hydrazine groups is 1. The molecule has 0 spiro atoms. The summed E-state index contributed by atoms with van der Waals surface area (Å²) >= 11 is 0. The number of amides is 2. The summed E-state index contributed by atoms with van der Waals surface area (Å²) in [5.41, 5.74) is 5.53. The van der Waals surface area contributed by atoms with Gasteiger partial charge in [0.15, 0.2) is 6.61 Å². The predicted octanol–water partition coefficient (Wildman–Crippen LogP) is 1.98. The first-order valence-corrected chi connectivity index (χ1v) is 8.44. The highest BCUT2D eigenvalue weighted by Gasteiger charge is 2.19. The zero-order valence-electron chi connectivity index (χ0n) is 14.4. The quantitative estimate of drug-likeness (QED) is 0.496. The lowest BCUT2D eigenvalue weighted by Gasteiger charge is -2.17. The van der Waals surface area contributed by atoms with Crippen molar-refractivity contribution >= 4 is 22.8 Å². The number of fused-ring (bicyclic) bond motifs is 1. The van der Waals surface area contributed by atoms with Crippen LogP contribution in [0.15, 0.2) is 45.6 Å². The molecular weight excluding hydrogens is 336 g/mol. The Morgan fingerprint density at radius 2 is 2.08 bits per heavy atom. The van der Waals surface area contributed by atoms with E-state index in [1.54, 1.807) is 18.2 Å². The van der Waals surface area contributed by atoms with Gasteiger partial charge in [0.25, 0.3) is 5.91 Å². The summed E-state index contributed by atoms with van der Waals surface area (Å²) < 4.78 is 10.5. The van der Waals surface area contributed by atoms with Crippen LogP contribution < -0.4 is 21.2 Å². The molecule has 0 saturated heterocycles. The third-order valence-electron chi connectivity index (χ3n) is 4.26. The van der Waals surface area contributed by atoms with E-state index in [9.17, 15) is 14.4 Å². The average molecular weight is 356 g/mol. The standard InChI is InChI=1S/C19H20N2O5/c1-12-9-18(23)26-16-10-14(7-8-15(12)16)25-11-17(22)20-21-19(24)13-5-3-2-4-6-13/h2-3,7-10,13H,4-6,11H2,1H3,(H,20,22)(H,21,24)/t13-/m1/s1. The SMILES string of the molecule is Cc1cc(=O)oc2cc(OCC(=O)NNC(=O)[C@@H]3CC=CCC3)ccc12. The van der Waals surface area contributed by atoms with Crippen LogP contribution in [0.2, 0.25) is 0 Å². The minimum Gasteiger partial charge on any atom is -0.484 e. The molecule has 1 aliphatic rings. The third-order valence-corrected chi connectivity index (χ3v) is 4.26. The summed E-state index contributed by atoms with van der Waals surface area (Å²) in [4.78, 5) is 35.2. The lowest BCUT2D eigenvalue weighted by molar-refractivity contribution is -0.132. The van der Waals surface area contributed by atoms with Crippen molar-refractivity contribution < 1.29 is 18.7 Å². The van der Waals surface area contributed by atoms with E-state index >= 15 is 0 Å². The van der Waals surface area contributed by atoms with Crippen LogP contribution in [-0.2, 0) is 9.59 Å². The summed E-state index contributed by atoms with van der Waals surface area (Å²) in [7, 11) is 0. The molecule has 1 aromatic heterocycles. The predicted molar refractivity (Wildman–Crippen MR) is 95.5 cm³/mol. The fourth-order valence-electron chi connectivity index (χ4n) is 2.85. The Bertz CT molecular complexity index is 916. The first-order valence-electron chi connectivity index (χ1n) is 8.44. The maximum atomic E-state index is 11.9. The molecule has 7 nitrogen and oxygen atoms in total. The normalized spacial score (nSPS) is 16.3. The molecule has 26 heavy (non-hydrogen) atoms. The Morgan fingerprint density at radius 3 is 2.85 bits per heavy atom. The minimum absolute atomic E-state index is 0.118. The first-order chi connectivity index (χ1) is 12.5. The van der Waals surface area contributed by atoms with Crippen molar-refractivity contribution in [2.75, 3.05) is 6.61 Å². The van der Waals surface area contributed by atoms with Gasteiger partial charge in [0, 0.05) is 23.4 Å². The highest BCUT2D eigenvalue weighted by molar-refractivity contribution is 5.84. The summed E-state index contributed by atoms with van der Waals surface area (Å²) in [5, 5.41) is 0.801. The van der Waals surface area contributed by atoms with E-state index in [4.69, 9.17) is 9.15 Å². The molecule has 1 atom stereocenters. The van der Waals surface area contributed by atoms with Crippen LogP contribution >= 0.6 is 0 Å². The van der Waals surface area contributed by atoms with Gasteiger partial charge in [-0.1, -0.05) is 12.2 Å². The van der Waals surface area contributed by atoms with E-state index in [-0.39, 0.29) is 18.4 Å². The Kier molecular flexibility index (Phi) is 5.36. The molecule has 3 rings (SSSR count). The van der Waals surface area contributed by atoms with Crippen molar-refractivity contribution in [1.82, 2.24) is 10.9 Å². The number of allylic oxidation sites excluding steroid dienone is 2. The van der Waals surface area contributed by atoms with Gasteiger partial charge in [0.2, 0.25) is 5.91 Å². The van der Waals surface area contributed by atoms with Crippen molar-refractivity contribution in [1.29, 1.82) is 0 Å². The van der Waals surface area contributed by atoms with Gasteiger partial charge in [-0.3, -0.25) is 20.4 Å². The molecule has 0 aliphatic heterocycles. The molecular formula is C19H20N2O5. The van der Waals surface area contributed by atoms with Gasteiger partial charge in [-0.2, -0.15) is 0 Å². The number of hydrogen-bond acceptors (Lipinski definition) is 5. The molecule has 2 amide bonds. The monoisotopic (exact) mass is 356 g/mol. The number of carbonyl (C=O) groups excluding carboxylic acids is 2. The van der Waals surface area contributed by atoms with Crippen molar-refractivity contribution in [2.24, 2.45) is 5.92 Å². The van der Waals surface area contributed by atoms with E-state index in [1.165, 1.54) is 6.07 Å². The van der Waals surface area contributed by atoms with Gasteiger partial charge < -0.3 is 9.15 Å². The number of aryl methyl sites for hydroxylation is 1. The number of rotatable bonds is 4. The number of hydrogen-bond donors (Lipinski definition) is 2. The van der Waals surface area contributed by atoms with Gasteiger partial charge in [0.1, 0.15) is 11.3 Å². The topological polar surface area (TPSA) is 97.6 Å².